The second-order valence-corrected chi connectivity index (χ2v) is 5.11. The van der Waals surface area contributed by atoms with Gasteiger partial charge in [0.2, 0.25) is 0 Å². The van der Waals surface area contributed by atoms with Crippen LogP contribution in [0.25, 0.3) is 0 Å². The number of benzene rings is 2. The number of carbonyl (C=O) groups excluding carboxylic acids is 1. The second-order valence-electron chi connectivity index (χ2n) is 5.11. The van der Waals surface area contributed by atoms with Crippen molar-refractivity contribution < 1.29 is 27.9 Å². The summed E-state index contributed by atoms with van der Waals surface area (Å²) >= 11 is 0. The maximum atomic E-state index is 12.9. The summed E-state index contributed by atoms with van der Waals surface area (Å²) < 4.78 is 38.7. The van der Waals surface area contributed by atoms with Gasteiger partial charge in [-0.1, -0.05) is 30.3 Å². The van der Waals surface area contributed by atoms with E-state index in [-0.39, 0.29) is 24.1 Å². The molecule has 2 aromatic rings. The minimum atomic E-state index is -4.50. The van der Waals surface area contributed by atoms with E-state index in [1.807, 2.05) is 0 Å². The lowest BCUT2D eigenvalue weighted by Crippen LogP contribution is -2.24. The SMILES string of the molecule is O=C(O)Cc1cccc(C(=O)NCc2ccccc2C(F)(F)F)c1. The summed E-state index contributed by atoms with van der Waals surface area (Å²) in [4.78, 5) is 22.8. The molecule has 0 bridgehead atoms. The molecule has 0 fully saturated rings. The molecule has 0 aliphatic rings. The number of alkyl halides is 3. The number of hydrogen-bond donors (Lipinski definition) is 2. The molecule has 0 aromatic heterocycles. The van der Waals surface area contributed by atoms with E-state index in [2.05, 4.69) is 5.32 Å². The molecular weight excluding hydrogens is 323 g/mol. The number of carboxylic acids is 1. The van der Waals surface area contributed by atoms with E-state index in [1.165, 1.54) is 36.4 Å². The molecule has 0 unspecified atom stereocenters. The van der Waals surface area contributed by atoms with Crippen LogP contribution in [0, 0.1) is 0 Å². The van der Waals surface area contributed by atoms with Crippen molar-refractivity contribution in [1.82, 2.24) is 5.32 Å². The summed E-state index contributed by atoms with van der Waals surface area (Å²) in [5.74, 6) is -1.61. The summed E-state index contributed by atoms with van der Waals surface area (Å²) in [7, 11) is 0. The first-order chi connectivity index (χ1) is 11.3. The molecule has 0 saturated carbocycles. The quantitative estimate of drug-likeness (QED) is 0.880. The minimum Gasteiger partial charge on any atom is -0.481 e. The zero-order valence-corrected chi connectivity index (χ0v) is 12.4. The standard InChI is InChI=1S/C17H14F3NO3/c18-17(19,20)14-7-2-1-5-13(14)10-21-16(24)12-6-3-4-11(8-12)9-15(22)23/h1-8H,9-10H2,(H,21,24)(H,22,23). The summed E-state index contributed by atoms with van der Waals surface area (Å²) in [6.07, 6.45) is -4.74. The molecule has 4 nitrogen and oxygen atoms in total. The molecule has 1 amide bonds. The molecule has 0 aliphatic carbocycles. The van der Waals surface area contributed by atoms with Gasteiger partial charge in [-0.05, 0) is 29.3 Å². The van der Waals surface area contributed by atoms with E-state index < -0.39 is 23.6 Å². The van der Waals surface area contributed by atoms with Gasteiger partial charge < -0.3 is 10.4 Å². The third-order valence-electron chi connectivity index (χ3n) is 3.31. The molecule has 0 spiro atoms. The van der Waals surface area contributed by atoms with Gasteiger partial charge in [0.1, 0.15) is 0 Å². The van der Waals surface area contributed by atoms with Crippen LogP contribution in [0.4, 0.5) is 13.2 Å². The number of carbonyl (C=O) groups is 2. The Labute approximate surface area is 135 Å². The van der Waals surface area contributed by atoms with Gasteiger partial charge in [0.15, 0.2) is 0 Å². The molecule has 24 heavy (non-hydrogen) atoms. The molecule has 2 N–H and O–H groups in total. The fourth-order valence-corrected chi connectivity index (χ4v) is 2.23. The second kappa shape index (κ2) is 7.16. The van der Waals surface area contributed by atoms with Crippen molar-refractivity contribution in [2.24, 2.45) is 0 Å². The van der Waals surface area contributed by atoms with Gasteiger partial charge in [0.25, 0.3) is 5.91 Å². The fourth-order valence-electron chi connectivity index (χ4n) is 2.23. The third-order valence-corrected chi connectivity index (χ3v) is 3.31. The largest absolute Gasteiger partial charge is 0.481 e. The fraction of sp³-hybridized carbons (Fsp3) is 0.176. The molecular formula is C17H14F3NO3. The van der Waals surface area contributed by atoms with E-state index in [4.69, 9.17) is 5.11 Å². The van der Waals surface area contributed by atoms with Crippen LogP contribution in [0.5, 0.6) is 0 Å². The van der Waals surface area contributed by atoms with Gasteiger partial charge in [0, 0.05) is 12.1 Å². The Morgan fingerprint density at radius 2 is 1.75 bits per heavy atom. The lowest BCUT2D eigenvalue weighted by Gasteiger charge is -2.13. The number of hydrogen-bond acceptors (Lipinski definition) is 2. The first kappa shape index (κ1) is 17.5. The van der Waals surface area contributed by atoms with Crippen LogP contribution in [0.3, 0.4) is 0 Å². The molecule has 0 saturated heterocycles. The van der Waals surface area contributed by atoms with E-state index in [9.17, 15) is 22.8 Å². The number of amides is 1. The van der Waals surface area contributed by atoms with E-state index in [0.29, 0.717) is 5.56 Å². The highest BCUT2D eigenvalue weighted by Gasteiger charge is 2.32. The average molecular weight is 337 g/mol. The highest BCUT2D eigenvalue weighted by molar-refractivity contribution is 5.94. The molecule has 2 aromatic carbocycles. The Morgan fingerprint density at radius 3 is 2.42 bits per heavy atom. The smallest absolute Gasteiger partial charge is 0.416 e. The first-order valence-corrected chi connectivity index (χ1v) is 7.01. The van der Waals surface area contributed by atoms with Crippen molar-refractivity contribution in [2.75, 3.05) is 0 Å². The normalized spacial score (nSPS) is 11.1. The van der Waals surface area contributed by atoms with Crippen LogP contribution in [-0.2, 0) is 23.9 Å². The highest BCUT2D eigenvalue weighted by atomic mass is 19.4. The highest BCUT2D eigenvalue weighted by Crippen LogP contribution is 2.31. The predicted octanol–water partition coefficient (Wildman–Crippen LogP) is 3.26. The van der Waals surface area contributed by atoms with Crippen LogP contribution < -0.4 is 5.32 Å². The van der Waals surface area contributed by atoms with E-state index in [0.717, 1.165) is 6.07 Å². The summed E-state index contributed by atoms with van der Waals surface area (Å²) in [6, 6.07) is 10.9. The predicted molar refractivity (Wildman–Crippen MR) is 80.4 cm³/mol. The minimum absolute atomic E-state index is 0.0416. The summed E-state index contributed by atoms with van der Waals surface area (Å²) in [5, 5.41) is 11.2. The van der Waals surface area contributed by atoms with Crippen molar-refractivity contribution in [1.29, 1.82) is 0 Å². The molecule has 0 heterocycles. The lowest BCUT2D eigenvalue weighted by atomic mass is 10.1. The van der Waals surface area contributed by atoms with Crippen molar-refractivity contribution in [2.45, 2.75) is 19.1 Å². The average Bonchev–Trinajstić information content (AvgIpc) is 2.51. The Hall–Kier alpha value is -2.83. The Morgan fingerprint density at radius 1 is 1.04 bits per heavy atom. The van der Waals surface area contributed by atoms with Gasteiger partial charge in [-0.25, -0.2) is 0 Å². The molecule has 0 radical (unpaired) electrons. The number of nitrogens with one attached hydrogen (secondary N) is 1. The summed E-state index contributed by atoms with van der Waals surface area (Å²) in [5.41, 5.74) is -0.214. The van der Waals surface area contributed by atoms with Gasteiger partial charge >= 0.3 is 12.1 Å². The Bertz CT molecular complexity index is 757. The topological polar surface area (TPSA) is 66.4 Å². The van der Waals surface area contributed by atoms with Crippen molar-refractivity contribution >= 4 is 11.9 Å². The number of aliphatic carboxylic acids is 1. The number of halogens is 3. The first-order valence-electron chi connectivity index (χ1n) is 7.01. The monoisotopic (exact) mass is 337 g/mol. The van der Waals surface area contributed by atoms with Gasteiger partial charge in [-0.3, -0.25) is 9.59 Å². The lowest BCUT2D eigenvalue weighted by molar-refractivity contribution is -0.138. The molecule has 0 aliphatic heterocycles. The molecule has 7 heteroatoms. The van der Waals surface area contributed by atoms with Crippen molar-refractivity contribution in [3.05, 3.63) is 70.8 Å². The van der Waals surface area contributed by atoms with Crippen molar-refractivity contribution in [3.63, 3.8) is 0 Å². The maximum Gasteiger partial charge on any atom is 0.416 e. The Kier molecular flexibility index (Phi) is 5.23. The van der Waals surface area contributed by atoms with Gasteiger partial charge in [-0.2, -0.15) is 13.2 Å². The number of rotatable bonds is 5. The van der Waals surface area contributed by atoms with Gasteiger partial charge in [0.05, 0.1) is 12.0 Å². The maximum absolute atomic E-state index is 12.9. The van der Waals surface area contributed by atoms with Crippen molar-refractivity contribution in [3.8, 4) is 0 Å². The zero-order valence-electron chi connectivity index (χ0n) is 12.4. The number of carboxylic acid groups (broad SMARTS) is 1. The van der Waals surface area contributed by atoms with Crippen LogP contribution >= 0.6 is 0 Å². The van der Waals surface area contributed by atoms with Crippen LogP contribution in [0.2, 0.25) is 0 Å². The van der Waals surface area contributed by atoms with Crippen LogP contribution in [-0.4, -0.2) is 17.0 Å². The zero-order chi connectivity index (χ0) is 17.7. The third kappa shape index (κ3) is 4.58. The van der Waals surface area contributed by atoms with E-state index in [1.54, 1.807) is 6.07 Å². The molecule has 2 rings (SSSR count). The summed E-state index contributed by atoms with van der Waals surface area (Å²) in [6.45, 7) is -0.280. The molecule has 0 atom stereocenters. The molecule has 126 valence electrons. The van der Waals surface area contributed by atoms with Gasteiger partial charge in [-0.15, -0.1) is 0 Å². The van der Waals surface area contributed by atoms with Crippen LogP contribution in [0.1, 0.15) is 27.0 Å². The van der Waals surface area contributed by atoms with Crippen LogP contribution in [0.15, 0.2) is 48.5 Å². The Balaban J connectivity index is 2.11. The van der Waals surface area contributed by atoms with E-state index >= 15 is 0 Å².